The molecule has 0 aliphatic heterocycles. The molecule has 2 N–H and O–H groups in total. The van der Waals surface area contributed by atoms with E-state index in [-0.39, 0.29) is 6.29 Å². The maximum absolute atomic E-state index is 12.1. The van der Waals surface area contributed by atoms with E-state index in [2.05, 4.69) is 4.74 Å². The van der Waals surface area contributed by atoms with Crippen molar-refractivity contribution >= 4 is 12.3 Å². The van der Waals surface area contributed by atoms with Crippen molar-refractivity contribution in [2.45, 2.75) is 12.5 Å². The molecular weight excluding hydrogens is 257 g/mol. The summed E-state index contributed by atoms with van der Waals surface area (Å²) in [6.07, 6.45) is -7.26. The van der Waals surface area contributed by atoms with Gasteiger partial charge in [-0.1, -0.05) is 12.1 Å². The standard InChI is InChI=1S/C10H7F3O5/c11-10(12,13)18-8-5(4-14)2-1-3-6(8)7(15)9(16)17/h1-4,7,15H,(H,16,17). The van der Waals surface area contributed by atoms with E-state index < -0.39 is 35.3 Å². The maximum Gasteiger partial charge on any atom is 0.573 e. The molecule has 18 heavy (non-hydrogen) atoms. The van der Waals surface area contributed by atoms with E-state index >= 15 is 0 Å². The van der Waals surface area contributed by atoms with Gasteiger partial charge in [0.25, 0.3) is 0 Å². The summed E-state index contributed by atoms with van der Waals surface area (Å²) in [5.41, 5.74) is -1.16. The van der Waals surface area contributed by atoms with E-state index in [9.17, 15) is 27.9 Å². The summed E-state index contributed by atoms with van der Waals surface area (Å²) >= 11 is 0. The summed E-state index contributed by atoms with van der Waals surface area (Å²) in [7, 11) is 0. The number of benzene rings is 1. The molecule has 1 aromatic carbocycles. The minimum Gasteiger partial charge on any atom is -0.479 e. The Hall–Kier alpha value is -2.09. The van der Waals surface area contributed by atoms with Gasteiger partial charge in [0.2, 0.25) is 0 Å². The van der Waals surface area contributed by atoms with E-state index in [4.69, 9.17) is 5.11 Å². The van der Waals surface area contributed by atoms with Gasteiger partial charge < -0.3 is 14.9 Å². The zero-order valence-electron chi connectivity index (χ0n) is 8.64. The van der Waals surface area contributed by atoms with Crippen molar-refractivity contribution in [3.63, 3.8) is 0 Å². The first kappa shape index (κ1) is 14.0. The number of rotatable bonds is 4. The van der Waals surface area contributed by atoms with Crippen LogP contribution in [0.1, 0.15) is 22.0 Å². The molecule has 0 aromatic heterocycles. The minimum absolute atomic E-state index is 0.0686. The summed E-state index contributed by atoms with van der Waals surface area (Å²) in [5.74, 6) is -2.78. The number of hydrogen-bond donors (Lipinski definition) is 2. The van der Waals surface area contributed by atoms with Crippen LogP contribution in [0.5, 0.6) is 5.75 Å². The molecular formula is C10H7F3O5. The monoisotopic (exact) mass is 264 g/mol. The van der Waals surface area contributed by atoms with Crippen molar-refractivity contribution in [3.05, 3.63) is 29.3 Å². The quantitative estimate of drug-likeness (QED) is 0.805. The Morgan fingerprint density at radius 2 is 2.00 bits per heavy atom. The highest BCUT2D eigenvalue weighted by molar-refractivity contribution is 5.83. The minimum atomic E-state index is -5.11. The van der Waals surface area contributed by atoms with Crippen molar-refractivity contribution in [2.24, 2.45) is 0 Å². The van der Waals surface area contributed by atoms with Gasteiger partial charge in [-0.05, 0) is 6.07 Å². The third kappa shape index (κ3) is 3.20. The Morgan fingerprint density at radius 3 is 2.44 bits per heavy atom. The number of carbonyl (C=O) groups excluding carboxylic acids is 1. The zero-order chi connectivity index (χ0) is 13.9. The fraction of sp³-hybridized carbons (Fsp3) is 0.200. The molecule has 0 amide bonds. The Morgan fingerprint density at radius 1 is 1.39 bits per heavy atom. The molecule has 8 heteroatoms. The van der Waals surface area contributed by atoms with E-state index in [1.165, 1.54) is 0 Å². The number of carbonyl (C=O) groups is 2. The van der Waals surface area contributed by atoms with Gasteiger partial charge in [0, 0.05) is 5.56 Å². The lowest BCUT2D eigenvalue weighted by molar-refractivity contribution is -0.275. The van der Waals surface area contributed by atoms with Crippen LogP contribution in [0.3, 0.4) is 0 Å². The number of carboxylic acid groups (broad SMARTS) is 1. The highest BCUT2D eigenvalue weighted by Crippen LogP contribution is 2.33. The molecule has 0 radical (unpaired) electrons. The molecule has 0 spiro atoms. The second kappa shape index (κ2) is 5.05. The third-order valence-electron chi connectivity index (χ3n) is 1.95. The summed E-state index contributed by atoms with van der Waals surface area (Å²) in [6, 6.07) is 3.06. The number of aldehydes is 1. The molecule has 0 saturated carbocycles. The number of aliphatic hydroxyl groups is 1. The molecule has 5 nitrogen and oxygen atoms in total. The van der Waals surface area contributed by atoms with Crippen LogP contribution in [0.25, 0.3) is 0 Å². The topological polar surface area (TPSA) is 83.8 Å². The van der Waals surface area contributed by atoms with Crippen LogP contribution in [0.15, 0.2) is 18.2 Å². The van der Waals surface area contributed by atoms with Gasteiger partial charge in [-0.25, -0.2) is 4.79 Å². The van der Waals surface area contributed by atoms with Crippen LogP contribution >= 0.6 is 0 Å². The number of alkyl halides is 3. The van der Waals surface area contributed by atoms with Crippen LogP contribution in [0.2, 0.25) is 0 Å². The number of para-hydroxylation sites is 1. The Bertz CT molecular complexity index is 469. The molecule has 1 aromatic rings. The fourth-order valence-electron chi connectivity index (χ4n) is 1.25. The second-order valence-corrected chi connectivity index (χ2v) is 3.17. The number of carboxylic acids is 1. The highest BCUT2D eigenvalue weighted by Gasteiger charge is 2.35. The first-order valence-electron chi connectivity index (χ1n) is 4.51. The van der Waals surface area contributed by atoms with Crippen LogP contribution in [-0.2, 0) is 4.79 Å². The van der Waals surface area contributed by atoms with Gasteiger partial charge in [0.1, 0.15) is 5.75 Å². The Labute approximate surface area is 98.4 Å². The van der Waals surface area contributed by atoms with Gasteiger partial charge in [-0.2, -0.15) is 0 Å². The molecule has 0 bridgehead atoms. The normalized spacial score (nSPS) is 12.9. The largest absolute Gasteiger partial charge is 0.573 e. The molecule has 1 atom stereocenters. The van der Waals surface area contributed by atoms with Crippen LogP contribution < -0.4 is 4.74 Å². The number of hydrogen-bond acceptors (Lipinski definition) is 4. The van der Waals surface area contributed by atoms with Crippen molar-refractivity contribution in [1.82, 2.24) is 0 Å². The summed E-state index contributed by atoms with van der Waals surface area (Å²) < 4.78 is 40.0. The second-order valence-electron chi connectivity index (χ2n) is 3.17. The third-order valence-corrected chi connectivity index (χ3v) is 1.95. The Balaban J connectivity index is 3.33. The molecule has 98 valence electrons. The van der Waals surface area contributed by atoms with Crippen LogP contribution in [-0.4, -0.2) is 28.8 Å². The van der Waals surface area contributed by atoms with Gasteiger partial charge in [-0.15, -0.1) is 13.2 Å². The van der Waals surface area contributed by atoms with Crippen LogP contribution in [0, 0.1) is 0 Å². The number of ether oxygens (including phenoxy) is 1. The SMILES string of the molecule is O=Cc1cccc(C(O)C(=O)O)c1OC(F)(F)F. The van der Waals surface area contributed by atoms with E-state index in [1.54, 1.807) is 0 Å². The zero-order valence-corrected chi connectivity index (χ0v) is 8.64. The predicted octanol–water partition coefficient (Wildman–Crippen LogP) is 1.52. The predicted molar refractivity (Wildman–Crippen MR) is 51.1 cm³/mol. The van der Waals surface area contributed by atoms with E-state index in [0.29, 0.717) is 0 Å². The first-order valence-corrected chi connectivity index (χ1v) is 4.51. The number of aliphatic carboxylic acids is 1. The molecule has 0 saturated heterocycles. The highest BCUT2D eigenvalue weighted by atomic mass is 19.4. The maximum atomic E-state index is 12.1. The smallest absolute Gasteiger partial charge is 0.479 e. The molecule has 0 fully saturated rings. The lowest BCUT2D eigenvalue weighted by Gasteiger charge is -2.16. The number of aliphatic hydroxyl groups excluding tert-OH is 1. The van der Waals surface area contributed by atoms with Crippen LogP contribution in [0.4, 0.5) is 13.2 Å². The summed E-state index contributed by atoms with van der Waals surface area (Å²) in [6.45, 7) is 0. The van der Waals surface area contributed by atoms with Crippen molar-refractivity contribution in [1.29, 1.82) is 0 Å². The molecule has 0 aliphatic carbocycles. The summed E-state index contributed by atoms with van der Waals surface area (Å²) in [5, 5.41) is 17.8. The van der Waals surface area contributed by atoms with Gasteiger partial charge in [0.05, 0.1) is 5.56 Å². The average molecular weight is 264 g/mol. The van der Waals surface area contributed by atoms with Crippen molar-refractivity contribution in [2.75, 3.05) is 0 Å². The lowest BCUT2D eigenvalue weighted by Crippen LogP contribution is -2.21. The van der Waals surface area contributed by atoms with E-state index in [0.717, 1.165) is 18.2 Å². The van der Waals surface area contributed by atoms with Gasteiger partial charge in [0.15, 0.2) is 12.4 Å². The average Bonchev–Trinajstić information content (AvgIpc) is 2.26. The van der Waals surface area contributed by atoms with Crippen molar-refractivity contribution < 1.29 is 37.7 Å². The molecule has 0 aliphatic rings. The lowest BCUT2D eigenvalue weighted by atomic mass is 10.0. The first-order chi connectivity index (χ1) is 8.26. The number of halogens is 3. The molecule has 0 heterocycles. The fourth-order valence-corrected chi connectivity index (χ4v) is 1.25. The Kier molecular flexibility index (Phi) is 3.92. The summed E-state index contributed by atoms with van der Waals surface area (Å²) in [4.78, 5) is 21.1. The van der Waals surface area contributed by atoms with Gasteiger partial charge in [-0.3, -0.25) is 4.79 Å². The van der Waals surface area contributed by atoms with Crippen molar-refractivity contribution in [3.8, 4) is 5.75 Å². The molecule has 1 rings (SSSR count). The van der Waals surface area contributed by atoms with Gasteiger partial charge >= 0.3 is 12.3 Å². The van der Waals surface area contributed by atoms with E-state index in [1.807, 2.05) is 0 Å². The molecule has 1 unspecified atom stereocenters.